The zero-order valence-corrected chi connectivity index (χ0v) is 8.51. The van der Waals surface area contributed by atoms with Crippen LogP contribution in [0.2, 0.25) is 0 Å². The molecule has 2 rings (SSSR count). The number of nitrogens with one attached hydrogen (secondary N) is 3. The summed E-state index contributed by atoms with van der Waals surface area (Å²) in [5.74, 6) is 0. The van der Waals surface area contributed by atoms with Gasteiger partial charge >= 0.3 is 6.03 Å². The van der Waals surface area contributed by atoms with Gasteiger partial charge in [-0.1, -0.05) is 0 Å². The van der Waals surface area contributed by atoms with Gasteiger partial charge in [0.2, 0.25) is 0 Å². The Kier molecular flexibility index (Phi) is 3.24. The number of hydrogen-bond acceptors (Lipinski definition) is 2. The third-order valence-electron chi connectivity index (χ3n) is 2.85. The van der Waals surface area contributed by atoms with Crippen molar-refractivity contribution in [3.63, 3.8) is 0 Å². The van der Waals surface area contributed by atoms with Crippen LogP contribution in [0.15, 0.2) is 0 Å². The summed E-state index contributed by atoms with van der Waals surface area (Å²) >= 11 is 0. The molecule has 2 amide bonds. The fourth-order valence-electron chi connectivity index (χ4n) is 1.83. The first-order chi connectivity index (χ1) is 6.84. The van der Waals surface area contributed by atoms with Gasteiger partial charge in [-0.15, -0.1) is 0 Å². The number of urea groups is 1. The van der Waals surface area contributed by atoms with Crippen LogP contribution < -0.4 is 16.0 Å². The molecule has 4 nitrogen and oxygen atoms in total. The van der Waals surface area contributed by atoms with Crippen LogP contribution in [-0.2, 0) is 0 Å². The lowest BCUT2D eigenvalue weighted by molar-refractivity contribution is 0.240. The minimum Gasteiger partial charge on any atom is -0.338 e. The lowest BCUT2D eigenvalue weighted by Gasteiger charge is -2.11. The molecule has 2 aliphatic rings. The first kappa shape index (κ1) is 9.77. The Morgan fingerprint density at radius 3 is 2.86 bits per heavy atom. The van der Waals surface area contributed by atoms with Gasteiger partial charge in [-0.3, -0.25) is 0 Å². The fourth-order valence-corrected chi connectivity index (χ4v) is 1.83. The standard InChI is InChI=1S/C10H19N3O/c14-10(13-9-3-4-9)12-7-5-8-2-1-6-11-8/h8-9,11H,1-7H2,(H2,12,13,14). The highest BCUT2D eigenvalue weighted by Crippen LogP contribution is 2.18. The van der Waals surface area contributed by atoms with E-state index in [9.17, 15) is 4.79 Å². The highest BCUT2D eigenvalue weighted by atomic mass is 16.2. The Labute approximate surface area is 84.8 Å². The van der Waals surface area contributed by atoms with Crippen LogP contribution in [0.25, 0.3) is 0 Å². The van der Waals surface area contributed by atoms with Crippen LogP contribution in [-0.4, -0.2) is 31.2 Å². The molecule has 1 unspecified atom stereocenters. The first-order valence-electron chi connectivity index (χ1n) is 5.62. The van der Waals surface area contributed by atoms with Crippen LogP contribution in [0.4, 0.5) is 4.79 Å². The summed E-state index contributed by atoms with van der Waals surface area (Å²) < 4.78 is 0. The normalized spacial score (nSPS) is 26.1. The van der Waals surface area contributed by atoms with E-state index < -0.39 is 0 Å². The predicted octanol–water partition coefficient (Wildman–Crippen LogP) is 0.590. The Hall–Kier alpha value is -0.770. The smallest absolute Gasteiger partial charge is 0.315 e. The molecule has 14 heavy (non-hydrogen) atoms. The van der Waals surface area contributed by atoms with E-state index in [1.54, 1.807) is 0 Å². The summed E-state index contributed by atoms with van der Waals surface area (Å²) in [6.45, 7) is 1.93. The summed E-state index contributed by atoms with van der Waals surface area (Å²) in [6, 6.07) is 1.08. The molecule has 1 saturated heterocycles. The molecule has 80 valence electrons. The van der Waals surface area contributed by atoms with E-state index in [1.807, 2.05) is 0 Å². The van der Waals surface area contributed by atoms with E-state index in [2.05, 4.69) is 16.0 Å². The summed E-state index contributed by atoms with van der Waals surface area (Å²) in [7, 11) is 0. The lowest BCUT2D eigenvalue weighted by Crippen LogP contribution is -2.38. The van der Waals surface area contributed by atoms with Gasteiger partial charge in [0.15, 0.2) is 0 Å². The van der Waals surface area contributed by atoms with Crippen molar-refractivity contribution in [2.45, 2.75) is 44.2 Å². The van der Waals surface area contributed by atoms with Crippen molar-refractivity contribution in [1.82, 2.24) is 16.0 Å². The number of amides is 2. The summed E-state index contributed by atoms with van der Waals surface area (Å²) in [5.41, 5.74) is 0. The first-order valence-corrected chi connectivity index (χ1v) is 5.62. The Balaban J connectivity index is 1.50. The topological polar surface area (TPSA) is 53.2 Å². The van der Waals surface area contributed by atoms with Crippen LogP contribution in [0, 0.1) is 0 Å². The van der Waals surface area contributed by atoms with Gasteiger partial charge in [0.25, 0.3) is 0 Å². The number of carbonyl (C=O) groups is 1. The minimum absolute atomic E-state index is 0.00509. The summed E-state index contributed by atoms with van der Waals surface area (Å²) in [6.07, 6.45) is 5.89. The molecule has 4 heteroatoms. The van der Waals surface area contributed by atoms with Crippen molar-refractivity contribution in [1.29, 1.82) is 0 Å². The zero-order valence-electron chi connectivity index (χ0n) is 8.51. The van der Waals surface area contributed by atoms with E-state index in [-0.39, 0.29) is 6.03 Å². The number of hydrogen-bond donors (Lipinski definition) is 3. The van der Waals surface area contributed by atoms with E-state index >= 15 is 0 Å². The van der Waals surface area contributed by atoms with E-state index in [0.29, 0.717) is 12.1 Å². The molecule has 1 saturated carbocycles. The quantitative estimate of drug-likeness (QED) is 0.618. The lowest BCUT2D eigenvalue weighted by atomic mass is 10.1. The third kappa shape index (κ3) is 3.18. The number of carbonyl (C=O) groups excluding carboxylic acids is 1. The molecule has 1 atom stereocenters. The molecule has 2 fully saturated rings. The van der Waals surface area contributed by atoms with E-state index in [4.69, 9.17) is 0 Å². The SMILES string of the molecule is O=C(NCCC1CCCN1)NC1CC1. The van der Waals surface area contributed by atoms with Crippen LogP contribution >= 0.6 is 0 Å². The Morgan fingerprint density at radius 2 is 2.21 bits per heavy atom. The molecule has 1 heterocycles. The van der Waals surface area contributed by atoms with Gasteiger partial charge < -0.3 is 16.0 Å². The van der Waals surface area contributed by atoms with Gasteiger partial charge in [-0.2, -0.15) is 0 Å². The number of rotatable bonds is 4. The van der Waals surface area contributed by atoms with Crippen LogP contribution in [0.1, 0.15) is 32.1 Å². The molecule has 0 aromatic rings. The monoisotopic (exact) mass is 197 g/mol. The van der Waals surface area contributed by atoms with Crippen molar-refractivity contribution in [2.75, 3.05) is 13.1 Å². The van der Waals surface area contributed by atoms with Crippen molar-refractivity contribution in [2.24, 2.45) is 0 Å². The second-order valence-electron chi connectivity index (χ2n) is 4.26. The van der Waals surface area contributed by atoms with Crippen molar-refractivity contribution in [3.05, 3.63) is 0 Å². The third-order valence-corrected chi connectivity index (χ3v) is 2.85. The molecule has 1 aliphatic heterocycles. The van der Waals surface area contributed by atoms with Crippen molar-refractivity contribution < 1.29 is 4.79 Å². The molecule has 0 bridgehead atoms. The minimum atomic E-state index is 0.00509. The van der Waals surface area contributed by atoms with Crippen LogP contribution in [0.3, 0.4) is 0 Å². The van der Waals surface area contributed by atoms with Crippen molar-refractivity contribution in [3.8, 4) is 0 Å². The fraction of sp³-hybridized carbons (Fsp3) is 0.900. The molecular weight excluding hydrogens is 178 g/mol. The molecule has 0 aromatic carbocycles. The van der Waals surface area contributed by atoms with Crippen molar-refractivity contribution >= 4 is 6.03 Å². The molecule has 0 radical (unpaired) electrons. The second-order valence-corrected chi connectivity index (χ2v) is 4.26. The summed E-state index contributed by atoms with van der Waals surface area (Å²) in [4.78, 5) is 11.2. The maximum Gasteiger partial charge on any atom is 0.315 e. The van der Waals surface area contributed by atoms with Gasteiger partial charge in [-0.25, -0.2) is 4.79 Å². The largest absolute Gasteiger partial charge is 0.338 e. The van der Waals surface area contributed by atoms with Gasteiger partial charge in [0, 0.05) is 18.6 Å². The van der Waals surface area contributed by atoms with E-state index in [1.165, 1.54) is 12.8 Å². The second kappa shape index (κ2) is 4.64. The molecular formula is C10H19N3O. The zero-order chi connectivity index (χ0) is 9.80. The maximum atomic E-state index is 11.2. The average Bonchev–Trinajstić information content (AvgIpc) is 2.82. The Bertz CT molecular complexity index is 198. The highest BCUT2D eigenvalue weighted by Gasteiger charge is 2.23. The van der Waals surface area contributed by atoms with Crippen LogP contribution in [0.5, 0.6) is 0 Å². The molecule has 1 aliphatic carbocycles. The average molecular weight is 197 g/mol. The maximum absolute atomic E-state index is 11.2. The van der Waals surface area contributed by atoms with Gasteiger partial charge in [0.1, 0.15) is 0 Å². The summed E-state index contributed by atoms with van der Waals surface area (Å²) in [5, 5.41) is 9.21. The molecule has 0 spiro atoms. The molecule has 3 N–H and O–H groups in total. The Morgan fingerprint density at radius 1 is 1.36 bits per heavy atom. The van der Waals surface area contributed by atoms with Gasteiger partial charge in [-0.05, 0) is 38.6 Å². The van der Waals surface area contributed by atoms with Gasteiger partial charge in [0.05, 0.1) is 0 Å². The highest BCUT2D eigenvalue weighted by molar-refractivity contribution is 5.74. The molecule has 0 aromatic heterocycles. The predicted molar refractivity (Wildman–Crippen MR) is 55.2 cm³/mol. The van der Waals surface area contributed by atoms with E-state index in [0.717, 1.165) is 32.4 Å².